The van der Waals surface area contributed by atoms with Crippen LogP contribution in [-0.2, 0) is 4.74 Å². The molecule has 0 amide bonds. The molecule has 2 heterocycles. The fourth-order valence-corrected chi connectivity index (χ4v) is 0.828. The molecule has 1 N–H and O–H groups in total. The molecule has 0 bridgehead atoms. The second kappa shape index (κ2) is 12.1. The summed E-state index contributed by atoms with van der Waals surface area (Å²) in [6.45, 7) is 7.83. The first-order valence-corrected chi connectivity index (χ1v) is 5.13. The molecule has 1 saturated heterocycles. The Balaban J connectivity index is 0.000000206. The quantitative estimate of drug-likeness (QED) is 0.686. The van der Waals surface area contributed by atoms with Crippen LogP contribution in [0.4, 0.5) is 0 Å². The standard InChI is InChI=1S/C5H5N.C4H9NO.C2H6/c1-2-4-6-5-3-1;1-3-6-4-2-5-1;1-2/h1-5H;5H,1-4H2;1-2H3. The highest BCUT2D eigenvalue weighted by Crippen LogP contribution is 1.76. The van der Waals surface area contributed by atoms with Gasteiger partial charge in [-0.1, -0.05) is 19.9 Å². The monoisotopic (exact) mass is 196 g/mol. The van der Waals surface area contributed by atoms with Crippen molar-refractivity contribution < 1.29 is 4.74 Å². The van der Waals surface area contributed by atoms with Gasteiger partial charge >= 0.3 is 0 Å². The van der Waals surface area contributed by atoms with Crippen LogP contribution < -0.4 is 5.32 Å². The third kappa shape index (κ3) is 9.16. The molecule has 14 heavy (non-hydrogen) atoms. The summed E-state index contributed by atoms with van der Waals surface area (Å²) in [6.07, 6.45) is 3.50. The van der Waals surface area contributed by atoms with Gasteiger partial charge in [-0.2, -0.15) is 0 Å². The van der Waals surface area contributed by atoms with Crippen LogP contribution in [0.3, 0.4) is 0 Å². The molecule has 1 aliphatic heterocycles. The molecule has 0 radical (unpaired) electrons. The first-order chi connectivity index (χ1) is 7.00. The van der Waals surface area contributed by atoms with E-state index in [2.05, 4.69) is 10.3 Å². The molecule has 0 aliphatic carbocycles. The minimum Gasteiger partial charge on any atom is -0.379 e. The van der Waals surface area contributed by atoms with Crippen molar-refractivity contribution in [2.75, 3.05) is 26.3 Å². The number of pyridine rings is 1. The van der Waals surface area contributed by atoms with Gasteiger partial charge in [0, 0.05) is 25.5 Å². The molecule has 2 rings (SSSR count). The molecule has 0 unspecified atom stereocenters. The van der Waals surface area contributed by atoms with Crippen molar-refractivity contribution >= 4 is 0 Å². The molecule has 0 aromatic carbocycles. The molecular formula is C11H20N2O. The number of hydrogen-bond acceptors (Lipinski definition) is 3. The van der Waals surface area contributed by atoms with Crippen LogP contribution in [0.2, 0.25) is 0 Å². The zero-order chi connectivity index (χ0) is 10.5. The molecule has 80 valence electrons. The largest absolute Gasteiger partial charge is 0.379 e. The van der Waals surface area contributed by atoms with Gasteiger partial charge in [-0.25, -0.2) is 0 Å². The van der Waals surface area contributed by atoms with E-state index in [0.717, 1.165) is 26.3 Å². The molecular weight excluding hydrogens is 176 g/mol. The van der Waals surface area contributed by atoms with E-state index < -0.39 is 0 Å². The van der Waals surface area contributed by atoms with E-state index in [1.54, 1.807) is 12.4 Å². The average molecular weight is 196 g/mol. The van der Waals surface area contributed by atoms with Crippen LogP contribution in [0.5, 0.6) is 0 Å². The van der Waals surface area contributed by atoms with Gasteiger partial charge < -0.3 is 10.1 Å². The number of aromatic nitrogens is 1. The minimum atomic E-state index is 0.889. The Morgan fingerprint density at radius 3 is 1.71 bits per heavy atom. The Morgan fingerprint density at radius 1 is 1.00 bits per heavy atom. The number of rotatable bonds is 0. The minimum absolute atomic E-state index is 0.889. The van der Waals surface area contributed by atoms with Gasteiger partial charge in [-0.15, -0.1) is 0 Å². The van der Waals surface area contributed by atoms with Crippen LogP contribution in [-0.4, -0.2) is 31.3 Å². The summed E-state index contributed by atoms with van der Waals surface area (Å²) in [5.74, 6) is 0. The van der Waals surface area contributed by atoms with Crippen molar-refractivity contribution in [3.05, 3.63) is 30.6 Å². The lowest BCUT2D eigenvalue weighted by molar-refractivity contribution is 0.109. The average Bonchev–Trinajstić information content (AvgIpc) is 2.37. The zero-order valence-corrected chi connectivity index (χ0v) is 9.07. The maximum absolute atomic E-state index is 5.01. The van der Waals surface area contributed by atoms with E-state index in [-0.39, 0.29) is 0 Å². The van der Waals surface area contributed by atoms with Crippen LogP contribution in [0, 0.1) is 0 Å². The fraction of sp³-hybridized carbons (Fsp3) is 0.545. The molecule has 3 nitrogen and oxygen atoms in total. The Labute approximate surface area is 86.5 Å². The molecule has 1 fully saturated rings. The second-order valence-corrected chi connectivity index (χ2v) is 2.39. The predicted molar refractivity (Wildman–Crippen MR) is 59.3 cm³/mol. The lowest BCUT2D eigenvalue weighted by Crippen LogP contribution is -2.30. The highest BCUT2D eigenvalue weighted by molar-refractivity contribution is 4.88. The van der Waals surface area contributed by atoms with Gasteiger partial charge in [0.25, 0.3) is 0 Å². The normalized spacial score (nSPS) is 14.1. The number of morpholine rings is 1. The molecule has 0 saturated carbocycles. The number of hydrogen-bond donors (Lipinski definition) is 1. The van der Waals surface area contributed by atoms with Crippen molar-refractivity contribution in [3.8, 4) is 0 Å². The third-order valence-electron chi connectivity index (χ3n) is 1.41. The third-order valence-corrected chi connectivity index (χ3v) is 1.41. The highest BCUT2D eigenvalue weighted by Gasteiger charge is 1.92. The summed E-state index contributed by atoms with van der Waals surface area (Å²) in [5, 5.41) is 3.16. The Bertz CT molecular complexity index is 138. The summed E-state index contributed by atoms with van der Waals surface area (Å²) in [4.78, 5) is 3.78. The Kier molecular flexibility index (Phi) is 11.3. The summed E-state index contributed by atoms with van der Waals surface area (Å²) < 4.78 is 5.01. The lowest BCUT2D eigenvalue weighted by atomic mass is 10.5. The van der Waals surface area contributed by atoms with Gasteiger partial charge in [0.05, 0.1) is 13.2 Å². The van der Waals surface area contributed by atoms with E-state index in [0.29, 0.717) is 0 Å². The summed E-state index contributed by atoms with van der Waals surface area (Å²) >= 11 is 0. The Hall–Kier alpha value is -0.930. The Morgan fingerprint density at radius 2 is 1.57 bits per heavy atom. The van der Waals surface area contributed by atoms with E-state index in [4.69, 9.17) is 4.74 Å². The lowest BCUT2D eigenvalue weighted by Gasteiger charge is -2.10. The molecule has 1 aromatic heterocycles. The maximum Gasteiger partial charge on any atom is 0.0591 e. The smallest absolute Gasteiger partial charge is 0.0591 e. The van der Waals surface area contributed by atoms with E-state index in [1.807, 2.05) is 32.0 Å². The van der Waals surface area contributed by atoms with Gasteiger partial charge in [0.1, 0.15) is 0 Å². The van der Waals surface area contributed by atoms with Gasteiger partial charge in [-0.3, -0.25) is 4.98 Å². The van der Waals surface area contributed by atoms with Crippen LogP contribution in [0.25, 0.3) is 0 Å². The summed E-state index contributed by atoms with van der Waals surface area (Å²) in [7, 11) is 0. The predicted octanol–water partition coefficient (Wildman–Crippen LogP) is 1.71. The molecule has 1 aliphatic rings. The maximum atomic E-state index is 5.01. The van der Waals surface area contributed by atoms with Crippen LogP contribution in [0.1, 0.15) is 13.8 Å². The second-order valence-electron chi connectivity index (χ2n) is 2.39. The van der Waals surface area contributed by atoms with Gasteiger partial charge in [0.15, 0.2) is 0 Å². The molecule has 3 heteroatoms. The molecule has 1 aromatic rings. The number of nitrogens with zero attached hydrogens (tertiary/aromatic N) is 1. The first kappa shape index (κ1) is 13.1. The summed E-state index contributed by atoms with van der Waals surface area (Å²) in [5.41, 5.74) is 0. The topological polar surface area (TPSA) is 34.1 Å². The van der Waals surface area contributed by atoms with Crippen LogP contribution >= 0.6 is 0 Å². The number of nitrogens with one attached hydrogen (secondary N) is 1. The zero-order valence-electron chi connectivity index (χ0n) is 9.07. The van der Waals surface area contributed by atoms with E-state index >= 15 is 0 Å². The SMILES string of the molecule is C1COCCN1.CC.c1ccncc1. The van der Waals surface area contributed by atoms with Crippen molar-refractivity contribution in [1.29, 1.82) is 0 Å². The van der Waals surface area contributed by atoms with Crippen molar-refractivity contribution in [2.45, 2.75) is 13.8 Å². The van der Waals surface area contributed by atoms with E-state index in [9.17, 15) is 0 Å². The first-order valence-electron chi connectivity index (χ1n) is 5.13. The van der Waals surface area contributed by atoms with Crippen LogP contribution in [0.15, 0.2) is 30.6 Å². The van der Waals surface area contributed by atoms with E-state index in [1.165, 1.54) is 0 Å². The fourth-order valence-electron chi connectivity index (χ4n) is 0.828. The molecule has 0 atom stereocenters. The molecule has 0 spiro atoms. The van der Waals surface area contributed by atoms with Gasteiger partial charge in [0.2, 0.25) is 0 Å². The van der Waals surface area contributed by atoms with Crippen molar-refractivity contribution in [3.63, 3.8) is 0 Å². The van der Waals surface area contributed by atoms with Crippen molar-refractivity contribution in [2.24, 2.45) is 0 Å². The van der Waals surface area contributed by atoms with Crippen molar-refractivity contribution in [1.82, 2.24) is 10.3 Å². The van der Waals surface area contributed by atoms with Gasteiger partial charge in [-0.05, 0) is 12.1 Å². The highest BCUT2D eigenvalue weighted by atomic mass is 16.5. The number of ether oxygens (including phenoxy) is 1. The summed E-state index contributed by atoms with van der Waals surface area (Å²) in [6, 6.07) is 5.72.